The van der Waals surface area contributed by atoms with E-state index < -0.39 is 29.7 Å². The lowest BCUT2D eigenvalue weighted by Crippen LogP contribution is -2.40. The zero-order valence-electron chi connectivity index (χ0n) is 12.8. The Hall–Kier alpha value is -3.09. The van der Waals surface area contributed by atoms with Gasteiger partial charge in [-0.25, -0.2) is 14.3 Å². The predicted molar refractivity (Wildman–Crippen MR) is 85.0 cm³/mol. The lowest BCUT2D eigenvalue weighted by atomic mass is 10.1. The van der Waals surface area contributed by atoms with Gasteiger partial charge in [-0.3, -0.25) is 9.59 Å². The Labute approximate surface area is 137 Å². The molecule has 1 saturated heterocycles. The van der Waals surface area contributed by atoms with Crippen molar-refractivity contribution in [3.63, 3.8) is 0 Å². The highest BCUT2D eigenvalue weighted by molar-refractivity contribution is 6.26. The molecule has 0 bridgehead atoms. The Morgan fingerprint density at radius 3 is 2.46 bits per heavy atom. The smallest absolute Gasteiger partial charge is 0.263 e. The summed E-state index contributed by atoms with van der Waals surface area (Å²) in [6, 6.07) is 11.4. The topological polar surface area (TPSA) is 65.3 Å². The number of benzene rings is 2. The first-order valence-corrected chi connectivity index (χ1v) is 7.47. The van der Waals surface area contributed by atoms with Gasteiger partial charge in [0.15, 0.2) is 12.1 Å². The number of para-hydroxylation sites is 1. The molecule has 0 radical (unpaired) electrons. The summed E-state index contributed by atoms with van der Waals surface area (Å²) in [5.74, 6) is -1.24. The molecule has 1 fully saturated rings. The van der Waals surface area contributed by atoms with Crippen molar-refractivity contribution >= 4 is 23.2 Å². The van der Waals surface area contributed by atoms with E-state index in [-0.39, 0.29) is 0 Å². The van der Waals surface area contributed by atoms with Crippen molar-refractivity contribution in [3.8, 4) is 0 Å². The van der Waals surface area contributed by atoms with Crippen LogP contribution in [0, 0.1) is 12.7 Å². The number of imide groups is 1. The highest BCUT2D eigenvalue weighted by Crippen LogP contribution is 2.35. The zero-order chi connectivity index (χ0) is 16.8. The zero-order valence-corrected chi connectivity index (χ0v) is 12.8. The van der Waals surface area contributed by atoms with Crippen molar-refractivity contribution in [3.05, 3.63) is 59.9 Å². The number of fused-ring (bicyclic) bond motifs is 1. The first-order valence-electron chi connectivity index (χ1n) is 7.47. The number of halogens is 1. The molecule has 6 nitrogen and oxygen atoms in total. The summed E-state index contributed by atoms with van der Waals surface area (Å²) in [5, 5.41) is 9.16. The fourth-order valence-corrected chi connectivity index (χ4v) is 2.93. The van der Waals surface area contributed by atoms with Crippen molar-refractivity contribution < 1.29 is 14.0 Å². The molecule has 2 aliphatic heterocycles. The highest BCUT2D eigenvalue weighted by atomic mass is 19.1. The fourth-order valence-electron chi connectivity index (χ4n) is 2.93. The van der Waals surface area contributed by atoms with Gasteiger partial charge in [0.25, 0.3) is 11.8 Å². The van der Waals surface area contributed by atoms with Crippen LogP contribution in [0.25, 0.3) is 0 Å². The van der Waals surface area contributed by atoms with E-state index in [1.54, 1.807) is 49.4 Å². The van der Waals surface area contributed by atoms with Crippen LogP contribution in [0.5, 0.6) is 0 Å². The summed E-state index contributed by atoms with van der Waals surface area (Å²) in [6.07, 6.45) is 0. The van der Waals surface area contributed by atoms with Crippen molar-refractivity contribution in [2.75, 3.05) is 9.91 Å². The Balaban J connectivity index is 1.71. The van der Waals surface area contributed by atoms with Gasteiger partial charge in [0.2, 0.25) is 0 Å². The molecule has 2 heterocycles. The summed E-state index contributed by atoms with van der Waals surface area (Å²) in [7, 11) is 0. The summed E-state index contributed by atoms with van der Waals surface area (Å²) >= 11 is 0. The molecule has 120 valence electrons. The second kappa shape index (κ2) is 5.23. The van der Waals surface area contributed by atoms with Gasteiger partial charge in [-0.2, -0.15) is 5.11 Å². The van der Waals surface area contributed by atoms with Crippen LogP contribution in [-0.4, -0.2) is 23.9 Å². The quantitative estimate of drug-likeness (QED) is 0.798. The molecule has 2 aromatic rings. The third kappa shape index (κ3) is 2.01. The van der Waals surface area contributed by atoms with Gasteiger partial charge in [0.05, 0.1) is 11.4 Å². The Bertz CT molecular complexity index is 868. The number of aryl methyl sites for hydroxylation is 1. The molecule has 0 N–H and O–H groups in total. The lowest BCUT2D eigenvalue weighted by molar-refractivity contribution is -0.121. The minimum Gasteiger partial charge on any atom is -0.271 e. The van der Waals surface area contributed by atoms with E-state index in [1.807, 2.05) is 0 Å². The van der Waals surface area contributed by atoms with Crippen LogP contribution in [0.1, 0.15) is 5.56 Å². The maximum Gasteiger partial charge on any atom is 0.263 e. The van der Waals surface area contributed by atoms with Crippen LogP contribution in [0.4, 0.5) is 15.8 Å². The molecular formula is C17H13FN4O2. The van der Waals surface area contributed by atoms with Crippen molar-refractivity contribution in [1.29, 1.82) is 0 Å². The number of anilines is 2. The van der Waals surface area contributed by atoms with E-state index in [0.29, 0.717) is 16.9 Å². The van der Waals surface area contributed by atoms with E-state index in [0.717, 1.165) is 4.90 Å². The lowest BCUT2D eigenvalue weighted by Gasteiger charge is -2.20. The van der Waals surface area contributed by atoms with Crippen molar-refractivity contribution in [2.24, 2.45) is 10.3 Å². The third-order valence-corrected chi connectivity index (χ3v) is 4.22. The predicted octanol–water partition coefficient (Wildman–Crippen LogP) is 2.63. The minimum atomic E-state index is -0.901. The summed E-state index contributed by atoms with van der Waals surface area (Å²) in [4.78, 5) is 26.4. The Morgan fingerprint density at radius 1 is 1.00 bits per heavy atom. The molecule has 0 aliphatic carbocycles. The molecule has 0 unspecified atom stereocenters. The van der Waals surface area contributed by atoms with Gasteiger partial charge in [0.1, 0.15) is 5.82 Å². The number of hydrogen-bond acceptors (Lipinski definition) is 5. The van der Waals surface area contributed by atoms with Crippen molar-refractivity contribution in [2.45, 2.75) is 19.0 Å². The summed E-state index contributed by atoms with van der Waals surface area (Å²) < 4.78 is 13.8. The molecule has 0 spiro atoms. The maximum absolute atomic E-state index is 13.8. The highest BCUT2D eigenvalue weighted by Gasteiger charge is 2.55. The average molecular weight is 324 g/mol. The molecule has 2 aliphatic rings. The second-order valence-corrected chi connectivity index (χ2v) is 5.72. The summed E-state index contributed by atoms with van der Waals surface area (Å²) in [6.45, 7) is 1.65. The third-order valence-electron chi connectivity index (χ3n) is 4.22. The molecule has 0 saturated carbocycles. The molecule has 24 heavy (non-hydrogen) atoms. The summed E-state index contributed by atoms with van der Waals surface area (Å²) in [5.41, 5.74) is 1.38. The normalized spacial score (nSPS) is 22.4. The monoisotopic (exact) mass is 324 g/mol. The second-order valence-electron chi connectivity index (χ2n) is 5.72. The largest absolute Gasteiger partial charge is 0.271 e. The van der Waals surface area contributed by atoms with Gasteiger partial charge in [-0.05, 0) is 36.8 Å². The van der Waals surface area contributed by atoms with E-state index in [2.05, 4.69) is 10.3 Å². The van der Waals surface area contributed by atoms with Crippen LogP contribution < -0.4 is 9.91 Å². The van der Waals surface area contributed by atoms with Gasteiger partial charge in [-0.1, -0.05) is 29.5 Å². The Morgan fingerprint density at radius 2 is 1.75 bits per heavy atom. The molecule has 7 heteroatoms. The maximum atomic E-state index is 13.8. The van der Waals surface area contributed by atoms with Crippen LogP contribution in [0.15, 0.2) is 58.9 Å². The number of carbonyl (C=O) groups is 2. The first-order chi connectivity index (χ1) is 11.6. The molecular weight excluding hydrogens is 311 g/mol. The Kier molecular flexibility index (Phi) is 3.16. The number of nitrogens with zero attached hydrogens (tertiary/aromatic N) is 4. The van der Waals surface area contributed by atoms with Gasteiger partial charge in [-0.15, -0.1) is 0 Å². The molecule has 0 aromatic heterocycles. The fraction of sp³-hybridized carbons (Fsp3) is 0.176. The van der Waals surface area contributed by atoms with E-state index in [4.69, 9.17) is 0 Å². The van der Waals surface area contributed by atoms with Crippen LogP contribution in [0.3, 0.4) is 0 Å². The van der Waals surface area contributed by atoms with E-state index in [9.17, 15) is 14.0 Å². The molecule has 2 aromatic carbocycles. The van der Waals surface area contributed by atoms with Gasteiger partial charge >= 0.3 is 0 Å². The number of hydrogen-bond donors (Lipinski definition) is 0. The van der Waals surface area contributed by atoms with Crippen LogP contribution in [0.2, 0.25) is 0 Å². The van der Waals surface area contributed by atoms with Gasteiger partial charge < -0.3 is 0 Å². The standard InChI is InChI=1S/C17H13FN4O2/c1-10-7-8-12(9-13(10)18)22-15-14(19-20-22)16(23)21(17(15)24)11-5-3-2-4-6-11/h2-9,14-15H,1H3/t14-,15+/m1/s1. The number of carbonyl (C=O) groups excluding carboxylic acids is 2. The van der Waals surface area contributed by atoms with Crippen LogP contribution >= 0.6 is 0 Å². The van der Waals surface area contributed by atoms with E-state index in [1.165, 1.54) is 11.1 Å². The average Bonchev–Trinajstić information content (AvgIpc) is 3.12. The van der Waals surface area contributed by atoms with Crippen molar-refractivity contribution in [1.82, 2.24) is 0 Å². The molecule has 4 rings (SSSR count). The number of rotatable bonds is 2. The number of amides is 2. The molecule has 2 atom stereocenters. The SMILES string of the molecule is Cc1ccc(N2N=N[C@H]3C(=O)N(c4ccccc4)C(=O)[C@H]32)cc1F. The van der Waals surface area contributed by atoms with Gasteiger partial charge in [0, 0.05) is 0 Å². The first kappa shape index (κ1) is 14.5. The minimum absolute atomic E-state index is 0.394. The van der Waals surface area contributed by atoms with E-state index >= 15 is 0 Å². The van der Waals surface area contributed by atoms with Crippen LogP contribution in [-0.2, 0) is 9.59 Å². The molecule has 2 amide bonds.